The van der Waals surface area contributed by atoms with Gasteiger partial charge in [-0.1, -0.05) is 12.2 Å². The number of hydrogen-bond acceptors (Lipinski definition) is 3. The molecule has 0 aliphatic heterocycles. The lowest BCUT2D eigenvalue weighted by atomic mass is 9.92. The number of sulfone groups is 1. The van der Waals surface area contributed by atoms with Crippen molar-refractivity contribution in [1.29, 1.82) is 0 Å². The van der Waals surface area contributed by atoms with Crippen LogP contribution in [-0.2, 0) is 14.6 Å². The maximum absolute atomic E-state index is 12.6. The van der Waals surface area contributed by atoms with Crippen molar-refractivity contribution in [2.45, 2.75) is 51.1 Å². The van der Waals surface area contributed by atoms with Crippen molar-refractivity contribution in [3.8, 4) is 0 Å². The molecule has 0 unspecified atom stereocenters. The Morgan fingerprint density at radius 2 is 2.00 bits per heavy atom. The van der Waals surface area contributed by atoms with Crippen LogP contribution in [-0.4, -0.2) is 43.3 Å². The van der Waals surface area contributed by atoms with E-state index < -0.39 is 9.84 Å². The van der Waals surface area contributed by atoms with Gasteiger partial charge >= 0.3 is 0 Å². The zero-order valence-electron chi connectivity index (χ0n) is 11.7. The van der Waals surface area contributed by atoms with Crippen LogP contribution in [0.1, 0.15) is 39.0 Å². The number of amides is 1. The zero-order chi connectivity index (χ0) is 14.0. The summed E-state index contributed by atoms with van der Waals surface area (Å²) < 4.78 is 22.9. The summed E-state index contributed by atoms with van der Waals surface area (Å²) >= 11 is 0. The molecule has 2 rings (SSSR count). The first-order chi connectivity index (χ1) is 8.88. The first-order valence-corrected chi connectivity index (χ1v) is 9.09. The highest BCUT2D eigenvalue weighted by Crippen LogP contribution is 2.32. The van der Waals surface area contributed by atoms with Crippen LogP contribution in [0, 0.1) is 5.92 Å². The SMILES string of the molecule is C[C@H](CS(C)(=O)=O)N(C(=O)[C@@H]1CC=CCC1)C1CC1. The highest BCUT2D eigenvalue weighted by atomic mass is 32.2. The summed E-state index contributed by atoms with van der Waals surface area (Å²) in [5, 5.41) is 0. The van der Waals surface area contributed by atoms with E-state index in [2.05, 4.69) is 12.2 Å². The fourth-order valence-electron chi connectivity index (χ4n) is 2.86. The van der Waals surface area contributed by atoms with Gasteiger partial charge in [0.05, 0.1) is 5.75 Å². The Bertz CT molecular complexity index is 465. The van der Waals surface area contributed by atoms with E-state index in [9.17, 15) is 13.2 Å². The molecule has 1 amide bonds. The predicted octanol–water partition coefficient (Wildman–Crippen LogP) is 1.77. The van der Waals surface area contributed by atoms with Gasteiger partial charge in [-0.2, -0.15) is 0 Å². The fourth-order valence-corrected chi connectivity index (χ4v) is 3.89. The molecule has 0 aromatic heterocycles. The second-order valence-electron chi connectivity index (χ2n) is 5.90. The smallest absolute Gasteiger partial charge is 0.226 e. The number of hydrogen-bond donors (Lipinski definition) is 0. The Balaban J connectivity index is 2.06. The summed E-state index contributed by atoms with van der Waals surface area (Å²) in [5.41, 5.74) is 0. The van der Waals surface area contributed by atoms with Gasteiger partial charge < -0.3 is 4.90 Å². The largest absolute Gasteiger partial charge is 0.336 e. The standard InChI is InChI=1S/C14H23NO3S/c1-11(10-19(2,17)18)15(13-8-9-13)14(16)12-6-4-3-5-7-12/h3-4,11-13H,5-10H2,1-2H3/t11-,12-/m1/s1. The minimum atomic E-state index is -3.05. The maximum Gasteiger partial charge on any atom is 0.226 e. The van der Waals surface area contributed by atoms with Crippen LogP contribution in [0.25, 0.3) is 0 Å². The van der Waals surface area contributed by atoms with Crippen LogP contribution < -0.4 is 0 Å². The van der Waals surface area contributed by atoms with E-state index in [1.165, 1.54) is 6.26 Å². The van der Waals surface area contributed by atoms with Gasteiger partial charge in [0.25, 0.3) is 0 Å². The van der Waals surface area contributed by atoms with E-state index in [0.29, 0.717) is 0 Å². The molecule has 0 aromatic rings. The first-order valence-electron chi connectivity index (χ1n) is 7.03. The van der Waals surface area contributed by atoms with E-state index in [4.69, 9.17) is 0 Å². The quantitative estimate of drug-likeness (QED) is 0.723. The second kappa shape index (κ2) is 5.65. The number of carbonyl (C=O) groups is 1. The Labute approximate surface area is 115 Å². The fraction of sp³-hybridized carbons (Fsp3) is 0.786. The van der Waals surface area contributed by atoms with Crippen LogP contribution in [0.3, 0.4) is 0 Å². The molecule has 4 nitrogen and oxygen atoms in total. The number of allylic oxidation sites excluding steroid dienone is 2. The third-order valence-electron chi connectivity index (χ3n) is 3.83. The lowest BCUT2D eigenvalue weighted by Gasteiger charge is -2.32. The minimum absolute atomic E-state index is 0.0487. The van der Waals surface area contributed by atoms with Crippen LogP contribution in [0.2, 0.25) is 0 Å². The van der Waals surface area contributed by atoms with E-state index in [1.54, 1.807) is 0 Å². The average Bonchev–Trinajstić information content (AvgIpc) is 3.12. The van der Waals surface area contributed by atoms with Crippen molar-refractivity contribution >= 4 is 15.7 Å². The highest BCUT2D eigenvalue weighted by molar-refractivity contribution is 7.90. The van der Waals surface area contributed by atoms with Gasteiger partial charge in [-0.05, 0) is 39.0 Å². The van der Waals surface area contributed by atoms with Gasteiger partial charge in [-0.25, -0.2) is 8.42 Å². The molecule has 19 heavy (non-hydrogen) atoms. The summed E-state index contributed by atoms with van der Waals surface area (Å²) in [6.45, 7) is 1.86. The molecule has 0 radical (unpaired) electrons. The van der Waals surface area contributed by atoms with E-state index in [-0.39, 0.29) is 29.7 Å². The molecule has 2 aliphatic rings. The van der Waals surface area contributed by atoms with Crippen molar-refractivity contribution in [2.75, 3.05) is 12.0 Å². The van der Waals surface area contributed by atoms with Crippen LogP contribution in [0.15, 0.2) is 12.2 Å². The Hall–Kier alpha value is -0.840. The van der Waals surface area contributed by atoms with Gasteiger partial charge in [0.1, 0.15) is 9.84 Å². The Morgan fingerprint density at radius 3 is 2.47 bits per heavy atom. The van der Waals surface area contributed by atoms with Gasteiger partial charge in [0.15, 0.2) is 0 Å². The summed E-state index contributed by atoms with van der Waals surface area (Å²) in [5.74, 6) is 0.272. The third kappa shape index (κ3) is 4.06. The van der Waals surface area contributed by atoms with Crippen molar-refractivity contribution in [2.24, 2.45) is 5.92 Å². The summed E-state index contributed by atoms with van der Waals surface area (Å²) in [6, 6.07) is 0.0658. The Morgan fingerprint density at radius 1 is 1.32 bits per heavy atom. The lowest BCUT2D eigenvalue weighted by Crippen LogP contribution is -2.46. The molecule has 0 aromatic carbocycles. The summed E-state index contributed by atoms with van der Waals surface area (Å²) in [7, 11) is -3.05. The molecule has 108 valence electrons. The van der Waals surface area contributed by atoms with Crippen LogP contribution in [0.4, 0.5) is 0 Å². The molecule has 5 heteroatoms. The normalized spacial score (nSPS) is 25.1. The summed E-state index contributed by atoms with van der Waals surface area (Å²) in [4.78, 5) is 14.5. The van der Waals surface area contributed by atoms with Gasteiger partial charge in [-0.3, -0.25) is 4.79 Å². The van der Waals surface area contributed by atoms with E-state index >= 15 is 0 Å². The molecular weight excluding hydrogens is 262 g/mol. The lowest BCUT2D eigenvalue weighted by molar-refractivity contribution is -0.138. The number of nitrogens with zero attached hydrogens (tertiary/aromatic N) is 1. The molecule has 0 bridgehead atoms. The molecule has 0 N–H and O–H groups in total. The monoisotopic (exact) mass is 285 g/mol. The molecule has 1 saturated carbocycles. The van der Waals surface area contributed by atoms with Crippen LogP contribution in [0.5, 0.6) is 0 Å². The maximum atomic E-state index is 12.6. The average molecular weight is 285 g/mol. The summed E-state index contributed by atoms with van der Waals surface area (Å²) in [6.07, 6.45) is 10.1. The zero-order valence-corrected chi connectivity index (χ0v) is 12.5. The molecule has 0 spiro atoms. The van der Waals surface area contributed by atoms with Crippen molar-refractivity contribution in [1.82, 2.24) is 4.90 Å². The Kier molecular flexibility index (Phi) is 4.33. The van der Waals surface area contributed by atoms with Gasteiger partial charge in [0, 0.05) is 24.3 Å². The minimum Gasteiger partial charge on any atom is -0.336 e. The number of rotatable bonds is 5. The van der Waals surface area contributed by atoms with Crippen molar-refractivity contribution in [3.05, 3.63) is 12.2 Å². The molecule has 1 fully saturated rings. The molecular formula is C14H23NO3S. The molecule has 0 saturated heterocycles. The van der Waals surface area contributed by atoms with Gasteiger partial charge in [-0.15, -0.1) is 0 Å². The molecule has 2 atom stereocenters. The second-order valence-corrected chi connectivity index (χ2v) is 8.08. The predicted molar refractivity (Wildman–Crippen MR) is 75.5 cm³/mol. The highest BCUT2D eigenvalue weighted by Gasteiger charge is 2.39. The van der Waals surface area contributed by atoms with E-state index in [0.717, 1.165) is 32.1 Å². The van der Waals surface area contributed by atoms with Crippen molar-refractivity contribution < 1.29 is 13.2 Å². The first kappa shape index (κ1) is 14.6. The molecule has 2 aliphatic carbocycles. The van der Waals surface area contributed by atoms with Gasteiger partial charge in [0.2, 0.25) is 5.91 Å². The van der Waals surface area contributed by atoms with Crippen LogP contribution >= 0.6 is 0 Å². The number of carbonyl (C=O) groups excluding carboxylic acids is 1. The third-order valence-corrected chi connectivity index (χ3v) is 4.92. The topological polar surface area (TPSA) is 54.5 Å². The van der Waals surface area contributed by atoms with Crippen molar-refractivity contribution in [3.63, 3.8) is 0 Å². The van der Waals surface area contributed by atoms with E-state index in [1.807, 2.05) is 11.8 Å². The molecule has 0 heterocycles.